The first kappa shape index (κ1) is 12.9. The Morgan fingerprint density at radius 2 is 1.89 bits per heavy atom. The van der Waals surface area contributed by atoms with Gasteiger partial charge < -0.3 is 4.74 Å². The van der Waals surface area contributed by atoms with Crippen molar-refractivity contribution in [2.45, 2.75) is 24.9 Å². The van der Waals surface area contributed by atoms with E-state index in [-0.39, 0.29) is 11.6 Å². The standard InChI is InChI=1S/C12H12F3NO2/c1-18-12(17)11(16-6-2-3-6)7-4-9(14)10(15)5-8(7)13/h4-6,11,16H,2-3H2,1H3. The van der Waals surface area contributed by atoms with Crippen LogP contribution in [0.1, 0.15) is 24.4 Å². The van der Waals surface area contributed by atoms with Crippen molar-refractivity contribution in [3.8, 4) is 0 Å². The summed E-state index contributed by atoms with van der Waals surface area (Å²) in [4.78, 5) is 11.6. The van der Waals surface area contributed by atoms with Crippen LogP contribution in [0.15, 0.2) is 12.1 Å². The van der Waals surface area contributed by atoms with E-state index in [4.69, 9.17) is 0 Å². The Balaban J connectivity index is 2.34. The number of hydrogen-bond donors (Lipinski definition) is 1. The molecule has 2 rings (SSSR count). The van der Waals surface area contributed by atoms with Crippen molar-refractivity contribution in [3.05, 3.63) is 35.1 Å². The van der Waals surface area contributed by atoms with Gasteiger partial charge in [-0.25, -0.2) is 18.0 Å². The molecule has 1 atom stereocenters. The Kier molecular flexibility index (Phi) is 3.56. The molecule has 0 aromatic heterocycles. The largest absolute Gasteiger partial charge is 0.468 e. The molecule has 0 amide bonds. The Morgan fingerprint density at radius 3 is 2.44 bits per heavy atom. The number of methoxy groups -OCH3 is 1. The van der Waals surface area contributed by atoms with Crippen LogP contribution >= 0.6 is 0 Å². The maximum Gasteiger partial charge on any atom is 0.327 e. The van der Waals surface area contributed by atoms with Crippen molar-refractivity contribution in [2.75, 3.05) is 7.11 Å². The predicted octanol–water partition coefficient (Wildman–Crippen LogP) is 2.07. The molecule has 0 heterocycles. The highest BCUT2D eigenvalue weighted by Crippen LogP contribution is 2.27. The van der Waals surface area contributed by atoms with Gasteiger partial charge in [0.05, 0.1) is 7.11 Å². The monoisotopic (exact) mass is 259 g/mol. The number of hydrogen-bond acceptors (Lipinski definition) is 3. The second kappa shape index (κ2) is 4.97. The van der Waals surface area contributed by atoms with Crippen molar-refractivity contribution in [3.63, 3.8) is 0 Å². The van der Waals surface area contributed by atoms with Crippen LogP contribution in [0.5, 0.6) is 0 Å². The zero-order valence-electron chi connectivity index (χ0n) is 9.67. The van der Waals surface area contributed by atoms with Gasteiger partial charge in [-0.05, 0) is 18.9 Å². The molecule has 0 radical (unpaired) electrons. The average Bonchev–Trinajstić information content (AvgIpc) is 3.14. The van der Waals surface area contributed by atoms with Crippen molar-refractivity contribution in [1.82, 2.24) is 5.32 Å². The van der Waals surface area contributed by atoms with E-state index in [0.717, 1.165) is 20.0 Å². The van der Waals surface area contributed by atoms with Crippen LogP contribution in [0.25, 0.3) is 0 Å². The molecule has 0 bridgehead atoms. The lowest BCUT2D eigenvalue weighted by Gasteiger charge is -2.17. The number of rotatable bonds is 4. The molecule has 18 heavy (non-hydrogen) atoms. The van der Waals surface area contributed by atoms with E-state index in [1.807, 2.05) is 0 Å². The van der Waals surface area contributed by atoms with Gasteiger partial charge >= 0.3 is 5.97 Å². The van der Waals surface area contributed by atoms with Gasteiger partial charge in [-0.15, -0.1) is 0 Å². The van der Waals surface area contributed by atoms with Gasteiger partial charge in [0.1, 0.15) is 11.9 Å². The number of halogens is 3. The third-order valence-corrected chi connectivity index (χ3v) is 2.77. The fourth-order valence-corrected chi connectivity index (χ4v) is 1.65. The number of carbonyl (C=O) groups excluding carboxylic acids is 1. The molecule has 0 spiro atoms. The summed E-state index contributed by atoms with van der Waals surface area (Å²) in [6, 6.07) is 0.0794. The molecule has 0 saturated heterocycles. The van der Waals surface area contributed by atoms with E-state index in [9.17, 15) is 18.0 Å². The quantitative estimate of drug-likeness (QED) is 0.664. The molecule has 3 nitrogen and oxygen atoms in total. The fourth-order valence-electron chi connectivity index (χ4n) is 1.65. The zero-order valence-corrected chi connectivity index (χ0v) is 9.67. The maximum absolute atomic E-state index is 13.6. The molecule has 0 aliphatic heterocycles. The molecule has 1 aliphatic carbocycles. The Labute approximate surface area is 102 Å². The van der Waals surface area contributed by atoms with Crippen molar-refractivity contribution < 1.29 is 22.7 Å². The third-order valence-electron chi connectivity index (χ3n) is 2.77. The number of carbonyl (C=O) groups is 1. The van der Waals surface area contributed by atoms with Gasteiger partial charge in [0.15, 0.2) is 11.6 Å². The van der Waals surface area contributed by atoms with Gasteiger partial charge in [-0.1, -0.05) is 0 Å². The minimum Gasteiger partial charge on any atom is -0.468 e. The van der Waals surface area contributed by atoms with Gasteiger partial charge in [-0.2, -0.15) is 0 Å². The molecule has 1 saturated carbocycles. The highest BCUT2D eigenvalue weighted by molar-refractivity contribution is 5.77. The van der Waals surface area contributed by atoms with Crippen LogP contribution in [0.2, 0.25) is 0 Å². The summed E-state index contributed by atoms with van der Waals surface area (Å²) in [6.07, 6.45) is 1.72. The Morgan fingerprint density at radius 1 is 1.28 bits per heavy atom. The van der Waals surface area contributed by atoms with Crippen molar-refractivity contribution >= 4 is 5.97 Å². The minimum absolute atomic E-state index is 0.0848. The maximum atomic E-state index is 13.6. The smallest absolute Gasteiger partial charge is 0.327 e. The first-order valence-corrected chi connectivity index (χ1v) is 5.51. The second-order valence-corrected chi connectivity index (χ2v) is 4.18. The molecule has 98 valence electrons. The number of ether oxygens (including phenoxy) is 1. The van der Waals surface area contributed by atoms with E-state index in [0.29, 0.717) is 12.1 Å². The molecule has 1 unspecified atom stereocenters. The molecule has 1 aliphatic rings. The third kappa shape index (κ3) is 2.64. The molecule has 1 N–H and O–H groups in total. The summed E-state index contributed by atoms with van der Waals surface area (Å²) >= 11 is 0. The van der Waals surface area contributed by atoms with E-state index in [1.165, 1.54) is 0 Å². The number of benzene rings is 1. The lowest BCUT2D eigenvalue weighted by atomic mass is 10.1. The first-order chi connectivity index (χ1) is 8.52. The fraction of sp³-hybridized carbons (Fsp3) is 0.417. The van der Waals surface area contributed by atoms with Crippen LogP contribution in [-0.2, 0) is 9.53 Å². The molecule has 6 heteroatoms. The molecule has 1 fully saturated rings. The lowest BCUT2D eigenvalue weighted by Crippen LogP contribution is -2.32. The Hall–Kier alpha value is -1.56. The van der Waals surface area contributed by atoms with Crippen LogP contribution < -0.4 is 5.32 Å². The van der Waals surface area contributed by atoms with E-state index < -0.39 is 29.5 Å². The first-order valence-electron chi connectivity index (χ1n) is 5.51. The van der Waals surface area contributed by atoms with Crippen LogP contribution in [0.3, 0.4) is 0 Å². The summed E-state index contributed by atoms with van der Waals surface area (Å²) in [7, 11) is 1.15. The van der Waals surface area contributed by atoms with Gasteiger partial charge in [0.2, 0.25) is 0 Å². The highest BCUT2D eigenvalue weighted by Gasteiger charge is 2.32. The Bertz CT molecular complexity index is 475. The number of nitrogens with one attached hydrogen (secondary N) is 1. The van der Waals surface area contributed by atoms with Gasteiger partial charge in [0, 0.05) is 17.7 Å². The second-order valence-electron chi connectivity index (χ2n) is 4.18. The summed E-state index contributed by atoms with van der Waals surface area (Å²) in [6.45, 7) is 0. The zero-order chi connectivity index (χ0) is 13.3. The summed E-state index contributed by atoms with van der Waals surface area (Å²) in [5.41, 5.74) is -0.243. The molecule has 1 aromatic rings. The number of esters is 1. The molecular formula is C12H12F3NO2. The van der Waals surface area contributed by atoms with E-state index in [1.54, 1.807) is 0 Å². The van der Waals surface area contributed by atoms with Gasteiger partial charge in [0.25, 0.3) is 0 Å². The minimum atomic E-state index is -1.29. The summed E-state index contributed by atoms with van der Waals surface area (Å²) in [5, 5.41) is 2.84. The predicted molar refractivity (Wildman–Crippen MR) is 57.2 cm³/mol. The lowest BCUT2D eigenvalue weighted by molar-refractivity contribution is -0.143. The van der Waals surface area contributed by atoms with E-state index >= 15 is 0 Å². The topological polar surface area (TPSA) is 38.3 Å². The van der Waals surface area contributed by atoms with Crippen LogP contribution in [0.4, 0.5) is 13.2 Å². The van der Waals surface area contributed by atoms with Crippen molar-refractivity contribution in [2.24, 2.45) is 0 Å². The molecular weight excluding hydrogens is 247 g/mol. The van der Waals surface area contributed by atoms with Crippen LogP contribution in [-0.4, -0.2) is 19.1 Å². The SMILES string of the molecule is COC(=O)C(NC1CC1)c1cc(F)c(F)cc1F. The average molecular weight is 259 g/mol. The van der Waals surface area contributed by atoms with Crippen LogP contribution in [0, 0.1) is 17.5 Å². The summed E-state index contributed by atoms with van der Waals surface area (Å²) in [5.74, 6) is -4.19. The highest BCUT2D eigenvalue weighted by atomic mass is 19.2. The summed E-state index contributed by atoms with van der Waals surface area (Å²) < 4.78 is 44.1. The van der Waals surface area contributed by atoms with Gasteiger partial charge in [-0.3, -0.25) is 5.32 Å². The van der Waals surface area contributed by atoms with E-state index in [2.05, 4.69) is 10.1 Å². The normalized spacial score (nSPS) is 16.4. The molecule has 1 aromatic carbocycles. The van der Waals surface area contributed by atoms with Crippen molar-refractivity contribution in [1.29, 1.82) is 0 Å².